The normalized spacial score (nSPS) is 12.3. The molecule has 0 amide bonds. The van der Waals surface area contributed by atoms with Crippen molar-refractivity contribution >= 4 is 52.9 Å². The summed E-state index contributed by atoms with van der Waals surface area (Å²) in [5, 5.41) is 1.66. The van der Waals surface area contributed by atoms with Gasteiger partial charge in [-0.1, -0.05) is 29.9 Å². The van der Waals surface area contributed by atoms with Crippen molar-refractivity contribution in [3.63, 3.8) is 0 Å². The van der Waals surface area contributed by atoms with Crippen LogP contribution < -0.4 is 9.64 Å². The van der Waals surface area contributed by atoms with Crippen LogP contribution in [-0.2, 0) is 20.0 Å². The summed E-state index contributed by atoms with van der Waals surface area (Å²) in [5.41, 5.74) is 4.34. The van der Waals surface area contributed by atoms with Gasteiger partial charge in [-0.25, -0.2) is 4.98 Å². The molecule has 0 saturated carbocycles. The third kappa shape index (κ3) is 6.18. The summed E-state index contributed by atoms with van der Waals surface area (Å²) in [6.07, 6.45) is 1.76. The minimum atomic E-state index is -3.04. The molecule has 0 aliphatic heterocycles. The van der Waals surface area contributed by atoms with Crippen LogP contribution >= 0.6 is 42.8 Å². The summed E-state index contributed by atoms with van der Waals surface area (Å²) in [5.74, 6) is 0.732. The number of thiazole rings is 1. The van der Waals surface area contributed by atoms with Gasteiger partial charge in [0.25, 0.3) is 0 Å². The first-order chi connectivity index (χ1) is 17.4. The first-order valence-corrected chi connectivity index (χ1v) is 15.4. The van der Waals surface area contributed by atoms with Gasteiger partial charge in [0, 0.05) is 34.0 Å². The number of aromatic nitrogens is 1. The monoisotopic (exact) mass is 564 g/mol. The molecule has 0 fully saturated rings. The van der Waals surface area contributed by atoms with E-state index in [0.29, 0.717) is 32.4 Å². The maximum absolute atomic E-state index is 12.5. The van der Waals surface area contributed by atoms with E-state index in [-0.39, 0.29) is 0 Å². The molecule has 4 rings (SSSR count). The lowest BCUT2D eigenvalue weighted by Crippen LogP contribution is -2.29. The number of thiocarbonyl (C=S) groups is 1. The quantitative estimate of drug-likeness (QED) is 0.0997. The van der Waals surface area contributed by atoms with Crippen LogP contribution in [0.1, 0.15) is 43.2 Å². The molecule has 3 aromatic rings. The topological polar surface area (TPSA) is 60.9 Å². The Morgan fingerprint density at radius 1 is 1.14 bits per heavy atom. The molecule has 0 spiro atoms. The second kappa shape index (κ2) is 12.2. The van der Waals surface area contributed by atoms with Crippen LogP contribution in [0.5, 0.6) is 5.75 Å². The van der Waals surface area contributed by atoms with E-state index in [1.54, 1.807) is 11.3 Å². The van der Waals surface area contributed by atoms with Gasteiger partial charge in [0.1, 0.15) is 10.7 Å². The molecule has 10 heteroatoms. The summed E-state index contributed by atoms with van der Waals surface area (Å²) < 4.78 is 29.0. The molecule has 0 N–H and O–H groups in total. The molecule has 0 bridgehead atoms. The number of halogens is 1. The van der Waals surface area contributed by atoms with Gasteiger partial charge in [0.2, 0.25) is 0 Å². The standard InChI is InChI=1S/C26H30ClN2O4PS2/c1-4-29(26-28-24-22-13-10-20(27)16-19(22)17-23(24)36-26)25(35)18-8-11-21(12-9-18)31-14-7-15-34(30,32-5-2)33-6-3/h8-13,16H,4-7,14-15,17H2,1-3H3. The fourth-order valence-corrected chi connectivity index (χ4v) is 7.53. The molecule has 1 aromatic heterocycles. The van der Waals surface area contributed by atoms with Gasteiger partial charge in [-0.05, 0) is 69.2 Å². The highest BCUT2D eigenvalue weighted by Gasteiger charge is 2.26. The van der Waals surface area contributed by atoms with Gasteiger partial charge < -0.3 is 18.7 Å². The minimum absolute atomic E-state index is 0.331. The molecular weight excluding hydrogens is 535 g/mol. The second-order valence-electron chi connectivity index (χ2n) is 8.19. The van der Waals surface area contributed by atoms with E-state index in [1.807, 2.05) is 56.3 Å². The molecular formula is C26H30ClN2O4PS2. The first-order valence-electron chi connectivity index (χ1n) is 12.1. The van der Waals surface area contributed by atoms with E-state index < -0.39 is 7.60 Å². The van der Waals surface area contributed by atoms with E-state index in [9.17, 15) is 4.57 Å². The zero-order chi connectivity index (χ0) is 25.7. The van der Waals surface area contributed by atoms with Crippen molar-refractivity contribution < 1.29 is 18.3 Å². The zero-order valence-electron chi connectivity index (χ0n) is 20.7. The number of fused-ring (bicyclic) bond motifs is 3. The Kier molecular flexibility index (Phi) is 9.20. The highest BCUT2D eigenvalue weighted by molar-refractivity contribution is 7.81. The van der Waals surface area contributed by atoms with Crippen molar-refractivity contribution in [2.75, 3.05) is 37.4 Å². The number of ether oxygens (including phenoxy) is 1. The van der Waals surface area contributed by atoms with Crippen LogP contribution in [-0.4, -0.2) is 42.5 Å². The maximum atomic E-state index is 12.5. The van der Waals surface area contributed by atoms with Crippen molar-refractivity contribution in [3.05, 3.63) is 63.5 Å². The molecule has 1 heterocycles. The van der Waals surface area contributed by atoms with Crippen LogP contribution in [0.15, 0.2) is 42.5 Å². The maximum Gasteiger partial charge on any atom is 0.330 e. The molecule has 1 aliphatic carbocycles. The van der Waals surface area contributed by atoms with Gasteiger partial charge in [-0.15, -0.1) is 11.3 Å². The number of hydrogen-bond donors (Lipinski definition) is 0. The lowest BCUT2D eigenvalue weighted by molar-refractivity contribution is 0.216. The van der Waals surface area contributed by atoms with Crippen LogP contribution in [0, 0.1) is 0 Å². The Morgan fingerprint density at radius 3 is 2.53 bits per heavy atom. The predicted octanol–water partition coefficient (Wildman–Crippen LogP) is 7.60. The fourth-order valence-electron chi connectivity index (χ4n) is 4.12. The highest BCUT2D eigenvalue weighted by atomic mass is 35.5. The summed E-state index contributed by atoms with van der Waals surface area (Å²) >= 11 is 13.7. The number of nitrogens with zero attached hydrogens (tertiary/aromatic N) is 2. The van der Waals surface area contributed by atoms with Crippen LogP contribution in [0.3, 0.4) is 0 Å². The Morgan fingerprint density at radius 2 is 1.86 bits per heavy atom. The van der Waals surface area contributed by atoms with Crippen molar-refractivity contribution in [1.82, 2.24) is 4.98 Å². The number of hydrogen-bond acceptors (Lipinski definition) is 7. The van der Waals surface area contributed by atoms with Crippen molar-refractivity contribution in [3.8, 4) is 17.0 Å². The minimum Gasteiger partial charge on any atom is -0.494 e. The van der Waals surface area contributed by atoms with Gasteiger partial charge in [-0.2, -0.15) is 0 Å². The van der Waals surface area contributed by atoms with Crippen LogP contribution in [0.25, 0.3) is 11.3 Å². The van der Waals surface area contributed by atoms with E-state index in [2.05, 4.69) is 11.8 Å². The fraction of sp³-hybridized carbons (Fsp3) is 0.385. The second-order valence-corrected chi connectivity index (χ2v) is 12.3. The van der Waals surface area contributed by atoms with Gasteiger partial charge in [-0.3, -0.25) is 4.57 Å². The molecule has 36 heavy (non-hydrogen) atoms. The molecule has 192 valence electrons. The first kappa shape index (κ1) is 27.2. The lowest BCUT2D eigenvalue weighted by Gasteiger charge is -2.21. The smallest absolute Gasteiger partial charge is 0.330 e. The summed E-state index contributed by atoms with van der Waals surface area (Å²) in [6, 6.07) is 13.7. The molecule has 2 aromatic carbocycles. The highest BCUT2D eigenvalue weighted by Crippen LogP contribution is 2.48. The van der Waals surface area contributed by atoms with E-state index in [0.717, 1.165) is 50.7 Å². The lowest BCUT2D eigenvalue weighted by atomic mass is 10.1. The molecule has 0 unspecified atom stereocenters. The molecule has 0 saturated heterocycles. The van der Waals surface area contributed by atoms with E-state index in [1.165, 1.54) is 10.4 Å². The Balaban J connectivity index is 1.37. The van der Waals surface area contributed by atoms with E-state index >= 15 is 0 Å². The zero-order valence-corrected chi connectivity index (χ0v) is 23.9. The number of benzene rings is 2. The molecule has 6 nitrogen and oxygen atoms in total. The van der Waals surface area contributed by atoms with E-state index in [4.69, 9.17) is 42.6 Å². The van der Waals surface area contributed by atoms with Crippen molar-refractivity contribution in [2.45, 2.75) is 33.6 Å². The Hall–Kier alpha value is -1.80. The van der Waals surface area contributed by atoms with Crippen molar-refractivity contribution in [2.24, 2.45) is 0 Å². The third-order valence-electron chi connectivity index (χ3n) is 5.75. The number of rotatable bonds is 12. The molecule has 0 radical (unpaired) electrons. The van der Waals surface area contributed by atoms with Gasteiger partial charge >= 0.3 is 7.60 Å². The Labute approximate surface area is 227 Å². The molecule has 1 aliphatic rings. The van der Waals surface area contributed by atoms with Crippen LogP contribution in [0.4, 0.5) is 5.13 Å². The predicted molar refractivity (Wildman–Crippen MR) is 152 cm³/mol. The SMILES string of the molecule is CCOP(=O)(CCCOc1ccc(C(=S)N(CC)c2nc3c(s2)Cc2cc(Cl)ccc2-3)cc1)OCC. The number of anilines is 1. The summed E-state index contributed by atoms with van der Waals surface area (Å²) in [4.78, 5) is 8.98. The summed E-state index contributed by atoms with van der Waals surface area (Å²) in [7, 11) is -3.04. The van der Waals surface area contributed by atoms with Gasteiger partial charge in [0.05, 0.1) is 31.7 Å². The molecule has 0 atom stereocenters. The third-order valence-corrected chi connectivity index (χ3v) is 9.69. The van der Waals surface area contributed by atoms with Gasteiger partial charge in [0.15, 0.2) is 5.13 Å². The summed E-state index contributed by atoms with van der Waals surface area (Å²) in [6.45, 7) is 7.56. The largest absolute Gasteiger partial charge is 0.494 e. The van der Waals surface area contributed by atoms with Crippen molar-refractivity contribution in [1.29, 1.82) is 0 Å². The van der Waals surface area contributed by atoms with Crippen LogP contribution in [0.2, 0.25) is 5.02 Å². The average molecular weight is 565 g/mol. The average Bonchev–Trinajstić information content (AvgIpc) is 3.40. The Bertz CT molecular complexity index is 1260.